The van der Waals surface area contributed by atoms with Crippen LogP contribution in [0.1, 0.15) is 22.8 Å². The summed E-state index contributed by atoms with van der Waals surface area (Å²) in [5, 5.41) is 5.97. The van der Waals surface area contributed by atoms with Crippen molar-refractivity contribution in [3.63, 3.8) is 0 Å². The molecule has 0 spiro atoms. The number of halogens is 1. The van der Waals surface area contributed by atoms with E-state index in [2.05, 4.69) is 20.4 Å². The van der Waals surface area contributed by atoms with Crippen molar-refractivity contribution in [2.24, 2.45) is 4.99 Å². The topological polar surface area (TPSA) is 60.0 Å². The van der Waals surface area contributed by atoms with E-state index in [9.17, 15) is 9.18 Å². The normalized spacial score (nSPS) is 14.7. The van der Waals surface area contributed by atoms with E-state index in [4.69, 9.17) is 4.99 Å². The van der Waals surface area contributed by atoms with Crippen molar-refractivity contribution < 1.29 is 9.18 Å². The number of anilines is 1. The first-order chi connectivity index (χ1) is 14.1. The molecular weight excluding hydrogens is 369 g/mol. The minimum absolute atomic E-state index is 0.0962. The molecule has 0 aromatic heterocycles. The molecule has 6 nitrogen and oxygen atoms in total. The molecule has 1 heterocycles. The number of rotatable bonds is 5. The zero-order chi connectivity index (χ0) is 20.6. The van der Waals surface area contributed by atoms with Crippen LogP contribution in [0, 0.1) is 5.82 Å². The molecule has 2 N–H and O–H groups in total. The van der Waals surface area contributed by atoms with E-state index < -0.39 is 0 Å². The second-order valence-electron chi connectivity index (χ2n) is 6.87. The van der Waals surface area contributed by atoms with Gasteiger partial charge in [0.2, 0.25) is 0 Å². The summed E-state index contributed by atoms with van der Waals surface area (Å²) in [4.78, 5) is 20.7. The van der Waals surface area contributed by atoms with E-state index in [-0.39, 0.29) is 11.7 Å². The minimum Gasteiger partial charge on any atom is -0.366 e. The number of para-hydroxylation sites is 1. The third kappa shape index (κ3) is 5.25. The molecule has 154 valence electrons. The fourth-order valence-corrected chi connectivity index (χ4v) is 3.37. The zero-order valence-corrected chi connectivity index (χ0v) is 17.0. The molecule has 0 saturated carbocycles. The van der Waals surface area contributed by atoms with Crippen LogP contribution in [0.4, 0.5) is 10.1 Å². The van der Waals surface area contributed by atoms with Gasteiger partial charge in [0.05, 0.1) is 12.2 Å². The summed E-state index contributed by atoms with van der Waals surface area (Å²) in [5.74, 6) is 0.582. The van der Waals surface area contributed by atoms with E-state index in [0.717, 1.165) is 44.2 Å². The van der Waals surface area contributed by atoms with Gasteiger partial charge in [-0.1, -0.05) is 24.3 Å². The Bertz CT molecular complexity index is 845. The van der Waals surface area contributed by atoms with Gasteiger partial charge in [-0.05, 0) is 36.8 Å². The Morgan fingerprint density at radius 3 is 2.38 bits per heavy atom. The quantitative estimate of drug-likeness (QED) is 0.601. The molecule has 1 amide bonds. The first kappa shape index (κ1) is 20.6. The van der Waals surface area contributed by atoms with E-state index in [0.29, 0.717) is 17.8 Å². The molecule has 1 aliphatic heterocycles. The van der Waals surface area contributed by atoms with Crippen molar-refractivity contribution in [3.05, 3.63) is 65.5 Å². The van der Waals surface area contributed by atoms with Crippen molar-refractivity contribution in [2.75, 3.05) is 44.7 Å². The monoisotopic (exact) mass is 397 g/mol. The lowest BCUT2D eigenvalue weighted by Crippen LogP contribution is -2.52. The average Bonchev–Trinajstić information content (AvgIpc) is 2.77. The van der Waals surface area contributed by atoms with Gasteiger partial charge in [0.25, 0.3) is 5.91 Å². The molecule has 2 aromatic carbocycles. The Morgan fingerprint density at radius 1 is 1.07 bits per heavy atom. The predicted octanol–water partition coefficient (Wildman–Crippen LogP) is 2.47. The van der Waals surface area contributed by atoms with E-state index in [1.165, 1.54) is 6.07 Å². The Balaban J connectivity index is 1.62. The van der Waals surface area contributed by atoms with Crippen molar-refractivity contribution in [1.82, 2.24) is 15.5 Å². The summed E-state index contributed by atoms with van der Waals surface area (Å²) in [6.07, 6.45) is 0. The molecule has 29 heavy (non-hydrogen) atoms. The van der Waals surface area contributed by atoms with Gasteiger partial charge >= 0.3 is 0 Å². The number of nitrogens with zero attached hydrogens (tertiary/aromatic N) is 3. The minimum atomic E-state index is -0.179. The first-order valence-electron chi connectivity index (χ1n) is 9.96. The third-order valence-electron chi connectivity index (χ3n) is 4.96. The van der Waals surface area contributed by atoms with E-state index in [1.54, 1.807) is 13.1 Å². The van der Waals surface area contributed by atoms with Crippen LogP contribution >= 0.6 is 0 Å². The van der Waals surface area contributed by atoms with Crippen molar-refractivity contribution >= 4 is 17.6 Å². The summed E-state index contributed by atoms with van der Waals surface area (Å²) in [6.45, 7) is 6.39. The smallest absolute Gasteiger partial charge is 0.251 e. The molecule has 0 bridgehead atoms. The molecule has 0 radical (unpaired) electrons. The standard InChI is InChI=1S/C22H28FN5O/c1-3-25-22(26-16-17-8-10-18(11-9-17)21(29)24-2)28-14-12-27(13-15-28)20-7-5-4-6-19(20)23/h4-11H,3,12-16H2,1-2H3,(H,24,29)(H,25,26). The number of carbonyl (C=O) groups is 1. The second-order valence-corrected chi connectivity index (χ2v) is 6.87. The number of hydrogen-bond acceptors (Lipinski definition) is 3. The van der Waals surface area contributed by atoms with Crippen LogP contribution in [0.2, 0.25) is 0 Å². The summed E-state index contributed by atoms with van der Waals surface area (Å²) in [5.41, 5.74) is 2.33. The highest BCUT2D eigenvalue weighted by Crippen LogP contribution is 2.20. The maximum atomic E-state index is 14.0. The SMILES string of the molecule is CCNC(=NCc1ccc(C(=O)NC)cc1)N1CCN(c2ccccc2F)CC1. The summed E-state index contributed by atoms with van der Waals surface area (Å²) < 4.78 is 14.0. The molecule has 0 atom stereocenters. The van der Waals surface area contributed by atoms with E-state index in [1.807, 2.05) is 43.3 Å². The molecule has 2 aromatic rings. The van der Waals surface area contributed by atoms with Crippen LogP contribution in [0.5, 0.6) is 0 Å². The lowest BCUT2D eigenvalue weighted by atomic mass is 10.1. The van der Waals surface area contributed by atoms with Gasteiger partial charge in [0, 0.05) is 45.3 Å². The molecular formula is C22H28FN5O. The van der Waals surface area contributed by atoms with Crippen molar-refractivity contribution in [3.8, 4) is 0 Å². The molecule has 1 saturated heterocycles. The van der Waals surface area contributed by atoms with Gasteiger partial charge < -0.3 is 20.4 Å². The number of benzene rings is 2. The molecule has 0 aliphatic carbocycles. The molecule has 1 fully saturated rings. The first-order valence-corrected chi connectivity index (χ1v) is 9.96. The Labute approximate surface area is 171 Å². The highest BCUT2D eigenvalue weighted by atomic mass is 19.1. The number of carbonyl (C=O) groups excluding carboxylic acids is 1. The zero-order valence-electron chi connectivity index (χ0n) is 17.0. The van der Waals surface area contributed by atoms with E-state index >= 15 is 0 Å². The van der Waals surface area contributed by atoms with Gasteiger partial charge in [-0.15, -0.1) is 0 Å². The molecule has 1 aliphatic rings. The van der Waals surface area contributed by atoms with Crippen molar-refractivity contribution in [2.45, 2.75) is 13.5 Å². The van der Waals surface area contributed by atoms with Crippen LogP contribution in [-0.4, -0.2) is 56.5 Å². The number of nitrogens with one attached hydrogen (secondary N) is 2. The lowest BCUT2D eigenvalue weighted by molar-refractivity contribution is 0.0963. The molecule has 0 unspecified atom stereocenters. The van der Waals surface area contributed by atoms with Gasteiger partial charge in [0.15, 0.2) is 5.96 Å². The second kappa shape index (κ2) is 9.91. The van der Waals surface area contributed by atoms with Crippen LogP contribution < -0.4 is 15.5 Å². The van der Waals surface area contributed by atoms with Gasteiger partial charge in [0.1, 0.15) is 5.82 Å². The maximum absolute atomic E-state index is 14.0. The molecule has 7 heteroatoms. The molecule has 3 rings (SSSR count). The maximum Gasteiger partial charge on any atom is 0.251 e. The highest BCUT2D eigenvalue weighted by molar-refractivity contribution is 5.93. The Kier molecular flexibility index (Phi) is 7.05. The Morgan fingerprint density at radius 2 is 1.76 bits per heavy atom. The van der Waals surface area contributed by atoms with Gasteiger partial charge in [-0.3, -0.25) is 4.79 Å². The summed E-state index contributed by atoms with van der Waals surface area (Å²) >= 11 is 0. The highest BCUT2D eigenvalue weighted by Gasteiger charge is 2.21. The average molecular weight is 397 g/mol. The van der Waals surface area contributed by atoms with Crippen LogP contribution in [0.3, 0.4) is 0 Å². The third-order valence-corrected chi connectivity index (χ3v) is 4.96. The summed E-state index contributed by atoms with van der Waals surface area (Å²) in [7, 11) is 1.62. The lowest BCUT2D eigenvalue weighted by Gasteiger charge is -2.37. The fourth-order valence-electron chi connectivity index (χ4n) is 3.37. The van der Waals surface area contributed by atoms with Gasteiger partial charge in [-0.2, -0.15) is 0 Å². The number of amides is 1. The number of guanidine groups is 1. The summed E-state index contributed by atoms with van der Waals surface area (Å²) in [6, 6.07) is 14.4. The Hall–Kier alpha value is -3.09. The largest absolute Gasteiger partial charge is 0.366 e. The fraction of sp³-hybridized carbons (Fsp3) is 0.364. The number of piperazine rings is 1. The number of hydrogen-bond donors (Lipinski definition) is 2. The number of aliphatic imine (C=N–C) groups is 1. The van der Waals surface area contributed by atoms with Crippen LogP contribution in [0.15, 0.2) is 53.5 Å². The van der Waals surface area contributed by atoms with Crippen LogP contribution in [-0.2, 0) is 6.54 Å². The van der Waals surface area contributed by atoms with Gasteiger partial charge in [-0.25, -0.2) is 9.38 Å². The van der Waals surface area contributed by atoms with Crippen LogP contribution in [0.25, 0.3) is 0 Å². The predicted molar refractivity (Wildman–Crippen MR) is 115 cm³/mol. The van der Waals surface area contributed by atoms with Crippen molar-refractivity contribution in [1.29, 1.82) is 0 Å².